The van der Waals surface area contributed by atoms with E-state index in [4.69, 9.17) is 4.74 Å². The molecule has 0 radical (unpaired) electrons. The van der Waals surface area contributed by atoms with Gasteiger partial charge in [0, 0.05) is 5.39 Å². The minimum absolute atomic E-state index is 0.956. The molecule has 0 saturated carbocycles. The average Bonchev–Trinajstić information content (AvgIpc) is 2.27. The molecule has 0 aliphatic heterocycles. The molecule has 72 valence electrons. The molecule has 0 N–H and O–H groups in total. The highest BCUT2D eigenvalue weighted by Crippen LogP contribution is 2.28. The molecule has 0 amide bonds. The maximum Gasteiger partial charge on any atom is 0.126 e. The van der Waals surface area contributed by atoms with Crippen LogP contribution in [0.25, 0.3) is 10.8 Å². The third kappa shape index (κ3) is 1.35. The third-order valence-corrected chi connectivity index (χ3v) is 2.58. The Hall–Kier alpha value is -1.50. The Morgan fingerprint density at radius 3 is 2.36 bits per heavy atom. The average molecular weight is 186 g/mol. The van der Waals surface area contributed by atoms with E-state index in [1.54, 1.807) is 7.11 Å². The first-order valence-electron chi connectivity index (χ1n) is 4.91. The van der Waals surface area contributed by atoms with Gasteiger partial charge in [0.2, 0.25) is 0 Å². The van der Waals surface area contributed by atoms with E-state index in [0.29, 0.717) is 0 Å². The standard InChI is InChI=1S/C13H14O/c1-3-10-8-9-13(14-2)12-7-5-4-6-11(10)12/h4-9H,3H2,1-2H3. The first-order valence-corrected chi connectivity index (χ1v) is 4.91. The molecule has 1 nitrogen and oxygen atoms in total. The fourth-order valence-electron chi connectivity index (χ4n) is 1.82. The fourth-order valence-corrected chi connectivity index (χ4v) is 1.82. The fraction of sp³-hybridized carbons (Fsp3) is 0.231. The van der Waals surface area contributed by atoms with Crippen molar-refractivity contribution < 1.29 is 4.74 Å². The largest absolute Gasteiger partial charge is 0.496 e. The van der Waals surface area contributed by atoms with Crippen LogP contribution in [0.1, 0.15) is 12.5 Å². The van der Waals surface area contributed by atoms with Crippen LogP contribution in [0.15, 0.2) is 36.4 Å². The SMILES string of the molecule is CCc1ccc(OC)c2ccccc12. The third-order valence-electron chi connectivity index (χ3n) is 2.58. The monoisotopic (exact) mass is 186 g/mol. The summed E-state index contributed by atoms with van der Waals surface area (Å²) in [5, 5.41) is 2.50. The van der Waals surface area contributed by atoms with Gasteiger partial charge in [0.05, 0.1) is 7.11 Å². The number of hydrogen-bond acceptors (Lipinski definition) is 1. The number of aryl methyl sites for hydroxylation is 1. The van der Waals surface area contributed by atoms with Gasteiger partial charge in [-0.3, -0.25) is 0 Å². The van der Waals surface area contributed by atoms with Gasteiger partial charge in [-0.1, -0.05) is 37.3 Å². The summed E-state index contributed by atoms with van der Waals surface area (Å²) in [6.45, 7) is 2.17. The lowest BCUT2D eigenvalue weighted by Crippen LogP contribution is -1.88. The van der Waals surface area contributed by atoms with Crippen LogP contribution in [0.4, 0.5) is 0 Å². The molecule has 2 aromatic carbocycles. The van der Waals surface area contributed by atoms with Gasteiger partial charge in [-0.2, -0.15) is 0 Å². The van der Waals surface area contributed by atoms with Crippen LogP contribution >= 0.6 is 0 Å². The second-order valence-corrected chi connectivity index (χ2v) is 3.33. The lowest BCUT2D eigenvalue weighted by molar-refractivity contribution is 0.419. The van der Waals surface area contributed by atoms with Crippen LogP contribution in [0.5, 0.6) is 5.75 Å². The van der Waals surface area contributed by atoms with Gasteiger partial charge in [-0.05, 0) is 23.4 Å². The number of ether oxygens (including phenoxy) is 1. The first kappa shape index (κ1) is 9.07. The van der Waals surface area contributed by atoms with E-state index in [-0.39, 0.29) is 0 Å². The van der Waals surface area contributed by atoms with Crippen molar-refractivity contribution in [3.05, 3.63) is 42.0 Å². The summed E-state index contributed by atoms with van der Waals surface area (Å²) in [6, 6.07) is 12.6. The summed E-state index contributed by atoms with van der Waals surface area (Å²) in [6.07, 6.45) is 1.06. The Morgan fingerprint density at radius 1 is 1.00 bits per heavy atom. The predicted molar refractivity (Wildman–Crippen MR) is 59.9 cm³/mol. The minimum atomic E-state index is 0.956. The maximum atomic E-state index is 5.33. The highest BCUT2D eigenvalue weighted by molar-refractivity contribution is 5.91. The van der Waals surface area contributed by atoms with Crippen LogP contribution in [0, 0.1) is 0 Å². The van der Waals surface area contributed by atoms with Crippen molar-refractivity contribution in [3.63, 3.8) is 0 Å². The lowest BCUT2D eigenvalue weighted by atomic mass is 10.0. The van der Waals surface area contributed by atoms with Crippen LogP contribution in [-0.4, -0.2) is 7.11 Å². The van der Waals surface area contributed by atoms with Crippen molar-refractivity contribution in [2.45, 2.75) is 13.3 Å². The molecule has 0 atom stereocenters. The molecule has 0 saturated heterocycles. The molecule has 1 heteroatoms. The van der Waals surface area contributed by atoms with Crippen molar-refractivity contribution in [1.82, 2.24) is 0 Å². The Kier molecular flexibility index (Phi) is 2.40. The summed E-state index contributed by atoms with van der Waals surface area (Å²) in [7, 11) is 1.72. The van der Waals surface area contributed by atoms with Crippen molar-refractivity contribution in [2.24, 2.45) is 0 Å². The molecule has 0 aliphatic rings. The Morgan fingerprint density at radius 2 is 1.71 bits per heavy atom. The highest BCUT2D eigenvalue weighted by Gasteiger charge is 2.03. The molecule has 2 aromatic rings. The van der Waals surface area contributed by atoms with E-state index < -0.39 is 0 Å². The van der Waals surface area contributed by atoms with Gasteiger partial charge >= 0.3 is 0 Å². The van der Waals surface area contributed by atoms with Crippen LogP contribution in [-0.2, 0) is 6.42 Å². The number of hydrogen-bond donors (Lipinski definition) is 0. The van der Waals surface area contributed by atoms with Crippen molar-refractivity contribution in [3.8, 4) is 5.75 Å². The van der Waals surface area contributed by atoms with Gasteiger partial charge < -0.3 is 4.74 Å². The number of methoxy groups -OCH3 is 1. The van der Waals surface area contributed by atoms with Crippen LogP contribution < -0.4 is 4.74 Å². The molecule has 0 heterocycles. The molecule has 0 bridgehead atoms. The van der Waals surface area contributed by atoms with Crippen molar-refractivity contribution in [1.29, 1.82) is 0 Å². The van der Waals surface area contributed by atoms with Crippen LogP contribution in [0.2, 0.25) is 0 Å². The highest BCUT2D eigenvalue weighted by atomic mass is 16.5. The van der Waals surface area contributed by atoms with E-state index in [0.717, 1.165) is 12.2 Å². The molecule has 0 unspecified atom stereocenters. The number of fused-ring (bicyclic) bond motifs is 1. The molecular weight excluding hydrogens is 172 g/mol. The lowest BCUT2D eigenvalue weighted by Gasteiger charge is -2.08. The molecule has 0 fully saturated rings. The summed E-state index contributed by atoms with van der Waals surface area (Å²) in [5.41, 5.74) is 1.38. The maximum absolute atomic E-state index is 5.33. The topological polar surface area (TPSA) is 9.23 Å². The van der Waals surface area contributed by atoms with Gasteiger partial charge in [0.15, 0.2) is 0 Å². The molecule has 2 rings (SSSR count). The molecule has 0 spiro atoms. The number of rotatable bonds is 2. The Bertz CT molecular complexity index is 403. The molecular formula is C13H14O. The molecule has 0 aromatic heterocycles. The zero-order valence-electron chi connectivity index (χ0n) is 8.58. The van der Waals surface area contributed by atoms with E-state index in [1.165, 1.54) is 16.3 Å². The van der Waals surface area contributed by atoms with Gasteiger partial charge in [-0.15, -0.1) is 0 Å². The van der Waals surface area contributed by atoms with E-state index in [9.17, 15) is 0 Å². The molecule has 0 aliphatic carbocycles. The zero-order chi connectivity index (χ0) is 9.97. The van der Waals surface area contributed by atoms with E-state index >= 15 is 0 Å². The van der Waals surface area contributed by atoms with Crippen molar-refractivity contribution >= 4 is 10.8 Å². The summed E-state index contributed by atoms with van der Waals surface area (Å²) >= 11 is 0. The smallest absolute Gasteiger partial charge is 0.126 e. The van der Waals surface area contributed by atoms with E-state index in [2.05, 4.69) is 31.2 Å². The normalized spacial score (nSPS) is 10.4. The molecule has 14 heavy (non-hydrogen) atoms. The van der Waals surface area contributed by atoms with Gasteiger partial charge in [0.25, 0.3) is 0 Å². The van der Waals surface area contributed by atoms with Gasteiger partial charge in [-0.25, -0.2) is 0 Å². The Labute approximate surface area is 84.3 Å². The first-order chi connectivity index (χ1) is 6.86. The zero-order valence-corrected chi connectivity index (χ0v) is 8.58. The summed E-state index contributed by atoms with van der Waals surface area (Å²) < 4.78 is 5.33. The minimum Gasteiger partial charge on any atom is -0.496 e. The summed E-state index contributed by atoms with van der Waals surface area (Å²) in [5.74, 6) is 0.956. The van der Waals surface area contributed by atoms with Gasteiger partial charge in [0.1, 0.15) is 5.75 Å². The summed E-state index contributed by atoms with van der Waals surface area (Å²) in [4.78, 5) is 0. The number of benzene rings is 2. The van der Waals surface area contributed by atoms with Crippen molar-refractivity contribution in [2.75, 3.05) is 7.11 Å². The second-order valence-electron chi connectivity index (χ2n) is 3.33. The van der Waals surface area contributed by atoms with E-state index in [1.807, 2.05) is 12.1 Å². The predicted octanol–water partition coefficient (Wildman–Crippen LogP) is 3.41. The Balaban J connectivity index is 2.78. The second kappa shape index (κ2) is 3.70. The quantitative estimate of drug-likeness (QED) is 0.698. The van der Waals surface area contributed by atoms with Crippen LogP contribution in [0.3, 0.4) is 0 Å².